The summed E-state index contributed by atoms with van der Waals surface area (Å²) in [6.07, 6.45) is 5.85. The summed E-state index contributed by atoms with van der Waals surface area (Å²) in [6.45, 7) is 3.25. The molecule has 5 nitrogen and oxygen atoms in total. The number of carbonyl (C=O) groups excluding carboxylic acids is 2. The van der Waals surface area contributed by atoms with E-state index in [1.165, 1.54) is 44.6 Å². The predicted octanol–water partition coefficient (Wildman–Crippen LogP) is 3.09. The lowest BCUT2D eigenvalue weighted by Crippen LogP contribution is -2.27. The largest absolute Gasteiger partial charge is 0.465 e. The Morgan fingerprint density at radius 2 is 1.71 bits per heavy atom. The minimum absolute atomic E-state index is 0.110. The number of anilines is 2. The van der Waals surface area contributed by atoms with Crippen LogP contribution in [0.5, 0.6) is 0 Å². The summed E-state index contributed by atoms with van der Waals surface area (Å²) in [7, 11) is 1.34. The first-order valence-electron chi connectivity index (χ1n) is 7.32. The second-order valence-corrected chi connectivity index (χ2v) is 6.33. The van der Waals surface area contributed by atoms with Crippen molar-refractivity contribution in [2.45, 2.75) is 39.0 Å². The Kier molecular flexibility index (Phi) is 5.22. The van der Waals surface area contributed by atoms with Gasteiger partial charge in [-0.1, -0.05) is 19.3 Å². The van der Waals surface area contributed by atoms with Crippen molar-refractivity contribution < 1.29 is 14.3 Å². The van der Waals surface area contributed by atoms with Crippen molar-refractivity contribution in [3.8, 4) is 0 Å². The summed E-state index contributed by atoms with van der Waals surface area (Å²) >= 11 is 1.31. The molecular weight excluding hydrogens is 288 g/mol. The molecule has 1 aliphatic rings. The van der Waals surface area contributed by atoms with Crippen molar-refractivity contribution in [3.05, 3.63) is 10.4 Å². The van der Waals surface area contributed by atoms with Crippen LogP contribution in [0.25, 0.3) is 0 Å². The number of hydrogen-bond donors (Lipinski definition) is 1. The Balaban J connectivity index is 2.42. The van der Waals surface area contributed by atoms with Gasteiger partial charge in [-0.2, -0.15) is 0 Å². The summed E-state index contributed by atoms with van der Waals surface area (Å²) in [6, 6.07) is 0. The molecule has 0 unspecified atom stereocenters. The van der Waals surface area contributed by atoms with Gasteiger partial charge in [0.1, 0.15) is 10.6 Å². The van der Waals surface area contributed by atoms with Gasteiger partial charge in [-0.3, -0.25) is 4.79 Å². The summed E-state index contributed by atoms with van der Waals surface area (Å²) in [5.41, 5.74) is 6.64. The molecule has 2 heterocycles. The molecule has 0 radical (unpaired) electrons. The first-order chi connectivity index (χ1) is 10.1. The first-order valence-corrected chi connectivity index (χ1v) is 8.14. The molecular formula is C15H22N2O3S. The standard InChI is InChI=1S/C15H22N2O3S/c1-10(18)13-12(16)11(15(19)20-2)14(21-13)17-8-6-4-3-5-7-9-17/h3-9,16H2,1-2H3. The fraction of sp³-hybridized carbons (Fsp3) is 0.600. The second-order valence-electron chi connectivity index (χ2n) is 5.33. The summed E-state index contributed by atoms with van der Waals surface area (Å²) in [5.74, 6) is -0.575. The zero-order valence-electron chi connectivity index (χ0n) is 12.6. The van der Waals surface area contributed by atoms with Gasteiger partial charge in [0.2, 0.25) is 0 Å². The van der Waals surface area contributed by atoms with E-state index in [0.29, 0.717) is 10.4 Å². The van der Waals surface area contributed by atoms with Crippen LogP contribution in [0, 0.1) is 0 Å². The molecule has 1 aliphatic heterocycles. The molecule has 1 aromatic rings. The van der Waals surface area contributed by atoms with Gasteiger partial charge in [0.15, 0.2) is 5.78 Å². The van der Waals surface area contributed by atoms with E-state index in [4.69, 9.17) is 10.5 Å². The van der Waals surface area contributed by atoms with Crippen LogP contribution in [0.2, 0.25) is 0 Å². The minimum Gasteiger partial charge on any atom is -0.465 e. The van der Waals surface area contributed by atoms with Crippen molar-refractivity contribution >= 4 is 33.8 Å². The second kappa shape index (κ2) is 6.93. The lowest BCUT2D eigenvalue weighted by molar-refractivity contribution is 0.0603. The first kappa shape index (κ1) is 15.8. The van der Waals surface area contributed by atoms with Gasteiger partial charge in [-0.25, -0.2) is 4.79 Å². The van der Waals surface area contributed by atoms with E-state index < -0.39 is 5.97 Å². The predicted molar refractivity (Wildman–Crippen MR) is 85.4 cm³/mol. The molecule has 0 saturated carbocycles. The summed E-state index contributed by atoms with van der Waals surface area (Å²) in [5, 5.41) is 0.784. The van der Waals surface area contributed by atoms with E-state index >= 15 is 0 Å². The summed E-state index contributed by atoms with van der Waals surface area (Å²) < 4.78 is 4.85. The number of methoxy groups -OCH3 is 1. The van der Waals surface area contributed by atoms with Crippen molar-refractivity contribution in [1.82, 2.24) is 0 Å². The van der Waals surface area contributed by atoms with Gasteiger partial charge < -0.3 is 15.4 Å². The highest BCUT2D eigenvalue weighted by molar-refractivity contribution is 7.19. The highest BCUT2D eigenvalue weighted by Crippen LogP contribution is 2.39. The maximum absolute atomic E-state index is 12.1. The molecule has 1 aromatic heterocycles. The van der Waals surface area contributed by atoms with Gasteiger partial charge in [-0.05, 0) is 12.8 Å². The highest BCUT2D eigenvalue weighted by atomic mass is 32.1. The van der Waals surface area contributed by atoms with Gasteiger partial charge in [0.25, 0.3) is 0 Å². The number of esters is 1. The molecule has 6 heteroatoms. The van der Waals surface area contributed by atoms with Gasteiger partial charge >= 0.3 is 5.97 Å². The van der Waals surface area contributed by atoms with Gasteiger partial charge in [0.05, 0.1) is 17.7 Å². The Hall–Kier alpha value is -1.56. The van der Waals surface area contributed by atoms with Crippen LogP contribution < -0.4 is 10.6 Å². The van der Waals surface area contributed by atoms with E-state index in [2.05, 4.69) is 4.90 Å². The molecule has 0 spiro atoms. The Morgan fingerprint density at radius 3 is 2.24 bits per heavy atom. The molecule has 0 aliphatic carbocycles. The molecule has 2 rings (SSSR count). The van der Waals surface area contributed by atoms with Crippen molar-refractivity contribution in [2.24, 2.45) is 0 Å². The van der Waals surface area contributed by atoms with Crippen LogP contribution in [-0.4, -0.2) is 32.0 Å². The SMILES string of the molecule is COC(=O)c1c(N2CCCCCCC2)sc(C(C)=O)c1N. The molecule has 0 atom stereocenters. The number of rotatable bonds is 3. The Labute approximate surface area is 129 Å². The van der Waals surface area contributed by atoms with Crippen LogP contribution >= 0.6 is 11.3 Å². The third kappa shape index (κ3) is 3.37. The number of nitrogen functional groups attached to an aromatic ring is 1. The number of ether oxygens (including phenoxy) is 1. The van der Waals surface area contributed by atoms with Crippen LogP contribution in [0.4, 0.5) is 10.7 Å². The molecule has 0 bridgehead atoms. The molecule has 116 valence electrons. The van der Waals surface area contributed by atoms with E-state index in [1.54, 1.807) is 0 Å². The third-order valence-corrected chi connectivity index (χ3v) is 5.15. The Bertz CT molecular complexity index is 531. The number of thiophene rings is 1. The van der Waals surface area contributed by atoms with Crippen LogP contribution in [0.1, 0.15) is 59.1 Å². The maximum Gasteiger partial charge on any atom is 0.343 e. The number of carbonyl (C=O) groups is 2. The summed E-state index contributed by atoms with van der Waals surface area (Å²) in [4.78, 5) is 26.4. The topological polar surface area (TPSA) is 72.6 Å². The normalized spacial score (nSPS) is 16.2. The molecule has 0 aromatic carbocycles. The minimum atomic E-state index is -0.465. The number of Topliss-reactive ketones (excluding diaryl/α,β-unsaturated/α-hetero) is 1. The average molecular weight is 310 g/mol. The molecule has 1 fully saturated rings. The number of hydrogen-bond acceptors (Lipinski definition) is 6. The maximum atomic E-state index is 12.1. The lowest BCUT2D eigenvalue weighted by Gasteiger charge is -2.26. The quantitative estimate of drug-likeness (QED) is 0.686. The molecule has 21 heavy (non-hydrogen) atoms. The van der Waals surface area contributed by atoms with Crippen LogP contribution in [-0.2, 0) is 4.74 Å². The van der Waals surface area contributed by atoms with Crippen molar-refractivity contribution in [2.75, 3.05) is 30.8 Å². The van der Waals surface area contributed by atoms with Gasteiger partial charge in [-0.15, -0.1) is 11.3 Å². The Morgan fingerprint density at radius 1 is 1.14 bits per heavy atom. The third-order valence-electron chi connectivity index (χ3n) is 3.78. The van der Waals surface area contributed by atoms with Crippen molar-refractivity contribution in [1.29, 1.82) is 0 Å². The monoisotopic (exact) mass is 310 g/mol. The van der Waals surface area contributed by atoms with Crippen LogP contribution in [0.15, 0.2) is 0 Å². The van der Waals surface area contributed by atoms with Gasteiger partial charge in [0, 0.05) is 20.0 Å². The average Bonchev–Trinajstić information content (AvgIpc) is 2.75. The molecule has 2 N–H and O–H groups in total. The zero-order valence-corrected chi connectivity index (χ0v) is 13.4. The number of nitrogens with two attached hydrogens (primary N) is 1. The highest BCUT2D eigenvalue weighted by Gasteiger charge is 2.27. The number of ketones is 1. The van der Waals surface area contributed by atoms with E-state index in [0.717, 1.165) is 30.9 Å². The fourth-order valence-electron chi connectivity index (χ4n) is 2.67. The van der Waals surface area contributed by atoms with E-state index in [-0.39, 0.29) is 11.5 Å². The van der Waals surface area contributed by atoms with E-state index in [1.807, 2.05) is 0 Å². The number of nitrogens with zero attached hydrogens (tertiary/aromatic N) is 1. The van der Waals surface area contributed by atoms with E-state index in [9.17, 15) is 9.59 Å². The molecule has 0 amide bonds. The smallest absolute Gasteiger partial charge is 0.343 e. The zero-order chi connectivity index (χ0) is 15.4. The van der Waals surface area contributed by atoms with Crippen LogP contribution in [0.3, 0.4) is 0 Å². The fourth-order valence-corrected chi connectivity index (χ4v) is 3.82. The molecule has 1 saturated heterocycles. The van der Waals surface area contributed by atoms with Crippen molar-refractivity contribution in [3.63, 3.8) is 0 Å². The lowest BCUT2D eigenvalue weighted by atomic mass is 10.1.